The molecule has 2 aromatic carbocycles. The molecule has 0 aliphatic carbocycles. The second kappa shape index (κ2) is 8.97. The summed E-state index contributed by atoms with van der Waals surface area (Å²) in [6.07, 6.45) is 1.24. The lowest BCUT2D eigenvalue weighted by Gasteiger charge is -2.31. The first-order chi connectivity index (χ1) is 13.5. The maximum absolute atomic E-state index is 12.5. The molecule has 1 aliphatic rings. The van der Waals surface area contributed by atoms with Crippen molar-refractivity contribution >= 4 is 21.6 Å². The van der Waals surface area contributed by atoms with Gasteiger partial charge in [0.05, 0.1) is 23.1 Å². The molecule has 0 radical (unpaired) electrons. The Balaban J connectivity index is 1.49. The van der Waals surface area contributed by atoms with E-state index in [1.54, 1.807) is 12.1 Å². The van der Waals surface area contributed by atoms with Crippen molar-refractivity contribution in [3.63, 3.8) is 0 Å². The monoisotopic (exact) mass is 398 g/mol. The predicted octanol–water partition coefficient (Wildman–Crippen LogP) is 1.94. The number of hydrogen-bond acceptors (Lipinski definition) is 5. The van der Waals surface area contributed by atoms with E-state index in [1.807, 2.05) is 41.3 Å². The Kier molecular flexibility index (Phi) is 6.41. The van der Waals surface area contributed by atoms with Crippen molar-refractivity contribution in [2.24, 2.45) is 0 Å². The Hall–Kier alpha value is -2.73. The maximum Gasteiger partial charge on any atom is 0.240 e. The fourth-order valence-corrected chi connectivity index (χ4v) is 4.50. The van der Waals surface area contributed by atoms with E-state index in [4.69, 9.17) is 5.26 Å². The number of para-hydroxylation sites is 1. The highest BCUT2D eigenvalue weighted by molar-refractivity contribution is 7.89. The molecule has 2 aromatic rings. The summed E-state index contributed by atoms with van der Waals surface area (Å²) in [5.41, 5.74) is 1.07. The minimum Gasteiger partial charge on any atom is -0.325 e. The third-order valence-electron chi connectivity index (χ3n) is 4.61. The number of rotatable bonds is 6. The smallest absolute Gasteiger partial charge is 0.240 e. The fourth-order valence-electron chi connectivity index (χ4n) is 3.15. The summed E-state index contributed by atoms with van der Waals surface area (Å²) in [7, 11) is -3.67. The summed E-state index contributed by atoms with van der Waals surface area (Å²) in [5.74, 6) is -0.0847. The Morgan fingerprint density at radius 1 is 1.11 bits per heavy atom. The van der Waals surface area contributed by atoms with Crippen molar-refractivity contribution < 1.29 is 13.2 Å². The molecule has 146 valence electrons. The van der Waals surface area contributed by atoms with E-state index in [0.717, 1.165) is 5.69 Å². The van der Waals surface area contributed by atoms with Crippen LogP contribution in [0.15, 0.2) is 59.5 Å². The predicted molar refractivity (Wildman–Crippen MR) is 106 cm³/mol. The average Bonchev–Trinajstić information content (AvgIpc) is 2.70. The molecule has 0 unspecified atom stereocenters. The molecule has 7 nitrogen and oxygen atoms in total. The number of carbonyl (C=O) groups is 1. The van der Waals surface area contributed by atoms with Gasteiger partial charge in [-0.05, 0) is 43.2 Å². The van der Waals surface area contributed by atoms with Gasteiger partial charge in [-0.3, -0.25) is 9.69 Å². The standard InChI is InChI=1S/C20H22N4O3S/c21-14-16-5-4-8-19(13-16)28(26,27)23-18-9-11-24(12-10-18)15-20(25)22-17-6-2-1-3-7-17/h1-8,13,18,23H,9-12,15H2,(H,22,25). The van der Waals surface area contributed by atoms with Gasteiger partial charge in [0.15, 0.2) is 0 Å². The third kappa shape index (κ3) is 5.39. The summed E-state index contributed by atoms with van der Waals surface area (Å²) in [6, 6.07) is 17.0. The second-order valence-electron chi connectivity index (χ2n) is 6.73. The van der Waals surface area contributed by atoms with Crippen LogP contribution in [0, 0.1) is 11.3 Å². The van der Waals surface area contributed by atoms with Gasteiger partial charge in [0, 0.05) is 24.8 Å². The molecule has 1 aliphatic heterocycles. The van der Waals surface area contributed by atoms with Gasteiger partial charge in [-0.25, -0.2) is 13.1 Å². The SMILES string of the molecule is N#Cc1cccc(S(=O)(=O)NC2CCN(CC(=O)Nc3ccccc3)CC2)c1. The van der Waals surface area contributed by atoms with E-state index in [9.17, 15) is 13.2 Å². The van der Waals surface area contributed by atoms with Gasteiger partial charge >= 0.3 is 0 Å². The van der Waals surface area contributed by atoms with Crippen LogP contribution in [0.4, 0.5) is 5.69 Å². The lowest BCUT2D eigenvalue weighted by Crippen LogP contribution is -2.46. The first-order valence-electron chi connectivity index (χ1n) is 9.06. The first-order valence-corrected chi connectivity index (χ1v) is 10.5. The molecule has 0 saturated carbocycles. The summed E-state index contributed by atoms with van der Waals surface area (Å²) < 4.78 is 27.8. The molecule has 0 atom stereocenters. The van der Waals surface area contributed by atoms with E-state index < -0.39 is 10.0 Å². The van der Waals surface area contributed by atoms with Crippen LogP contribution in [0.5, 0.6) is 0 Å². The van der Waals surface area contributed by atoms with Crippen molar-refractivity contribution in [1.82, 2.24) is 9.62 Å². The molecule has 1 heterocycles. The zero-order chi connectivity index (χ0) is 20.0. The van der Waals surface area contributed by atoms with Gasteiger partial charge in [-0.2, -0.15) is 5.26 Å². The third-order valence-corrected chi connectivity index (χ3v) is 6.13. The van der Waals surface area contributed by atoms with Gasteiger partial charge in [-0.15, -0.1) is 0 Å². The van der Waals surface area contributed by atoms with Crippen molar-refractivity contribution in [3.8, 4) is 6.07 Å². The molecular weight excluding hydrogens is 376 g/mol. The number of hydrogen-bond donors (Lipinski definition) is 2. The molecule has 0 bridgehead atoms. The number of nitrogens with zero attached hydrogens (tertiary/aromatic N) is 2. The number of nitrogens with one attached hydrogen (secondary N) is 2. The van der Waals surface area contributed by atoms with Crippen LogP contribution in [0.1, 0.15) is 18.4 Å². The molecule has 1 amide bonds. The first kappa shape index (κ1) is 20.0. The number of nitriles is 1. The van der Waals surface area contributed by atoms with Crippen molar-refractivity contribution in [2.45, 2.75) is 23.8 Å². The fraction of sp³-hybridized carbons (Fsp3) is 0.300. The Morgan fingerprint density at radius 3 is 2.50 bits per heavy atom. The van der Waals surface area contributed by atoms with E-state index in [1.165, 1.54) is 12.1 Å². The molecule has 0 aromatic heterocycles. The van der Waals surface area contributed by atoms with Crippen LogP contribution in [0.3, 0.4) is 0 Å². The lowest BCUT2D eigenvalue weighted by atomic mass is 10.1. The van der Waals surface area contributed by atoms with Crippen LogP contribution in [-0.4, -0.2) is 44.9 Å². The quantitative estimate of drug-likeness (QED) is 0.774. The highest BCUT2D eigenvalue weighted by Crippen LogP contribution is 2.16. The summed E-state index contributed by atoms with van der Waals surface area (Å²) in [6.45, 7) is 1.54. The van der Waals surface area contributed by atoms with Gasteiger partial charge in [0.2, 0.25) is 15.9 Å². The minimum absolute atomic E-state index is 0.0847. The van der Waals surface area contributed by atoms with E-state index >= 15 is 0 Å². The maximum atomic E-state index is 12.5. The van der Waals surface area contributed by atoms with E-state index in [2.05, 4.69) is 10.0 Å². The van der Waals surface area contributed by atoms with Crippen molar-refractivity contribution in [1.29, 1.82) is 5.26 Å². The summed E-state index contributed by atoms with van der Waals surface area (Å²) in [4.78, 5) is 14.3. The number of sulfonamides is 1. The van der Waals surface area contributed by atoms with Crippen molar-refractivity contribution in [3.05, 3.63) is 60.2 Å². The Labute approximate surface area is 165 Å². The average molecular weight is 398 g/mol. The van der Waals surface area contributed by atoms with Crippen LogP contribution in [-0.2, 0) is 14.8 Å². The van der Waals surface area contributed by atoms with Crippen LogP contribution in [0.25, 0.3) is 0 Å². The van der Waals surface area contributed by atoms with Crippen LogP contribution >= 0.6 is 0 Å². The molecule has 0 spiro atoms. The summed E-state index contributed by atoms with van der Waals surface area (Å²) in [5, 5.41) is 11.8. The van der Waals surface area contributed by atoms with Crippen molar-refractivity contribution in [2.75, 3.05) is 25.0 Å². The zero-order valence-corrected chi connectivity index (χ0v) is 16.2. The molecule has 28 heavy (non-hydrogen) atoms. The van der Waals surface area contributed by atoms with Crippen LogP contribution in [0.2, 0.25) is 0 Å². The highest BCUT2D eigenvalue weighted by atomic mass is 32.2. The molecular formula is C20H22N4O3S. The zero-order valence-electron chi connectivity index (χ0n) is 15.3. The second-order valence-corrected chi connectivity index (χ2v) is 8.44. The van der Waals surface area contributed by atoms with Gasteiger partial charge in [-0.1, -0.05) is 24.3 Å². The van der Waals surface area contributed by atoms with Crippen LogP contribution < -0.4 is 10.0 Å². The number of piperidine rings is 1. The molecule has 8 heteroatoms. The van der Waals surface area contributed by atoms with E-state index in [-0.39, 0.29) is 23.4 Å². The number of amides is 1. The Bertz CT molecular complexity index is 962. The number of benzene rings is 2. The number of likely N-dealkylation sites (tertiary alicyclic amines) is 1. The van der Waals surface area contributed by atoms with Gasteiger partial charge in [0.1, 0.15) is 0 Å². The molecule has 1 fully saturated rings. The molecule has 1 saturated heterocycles. The lowest BCUT2D eigenvalue weighted by molar-refractivity contribution is -0.117. The minimum atomic E-state index is -3.67. The highest BCUT2D eigenvalue weighted by Gasteiger charge is 2.25. The van der Waals surface area contributed by atoms with Gasteiger partial charge < -0.3 is 5.32 Å². The van der Waals surface area contributed by atoms with Gasteiger partial charge in [0.25, 0.3) is 0 Å². The topological polar surface area (TPSA) is 102 Å². The van der Waals surface area contributed by atoms with E-state index in [0.29, 0.717) is 31.5 Å². The number of anilines is 1. The summed E-state index contributed by atoms with van der Waals surface area (Å²) >= 11 is 0. The largest absolute Gasteiger partial charge is 0.325 e. The Morgan fingerprint density at radius 2 is 1.82 bits per heavy atom. The number of carbonyl (C=O) groups excluding carboxylic acids is 1. The molecule has 2 N–H and O–H groups in total. The molecule has 3 rings (SSSR count). The normalized spacial score (nSPS) is 15.7.